The average molecular weight is 316 g/mol. The molecule has 0 aliphatic heterocycles. The number of aromatic carboxylic acids is 1. The van der Waals surface area contributed by atoms with Gasteiger partial charge in [0.2, 0.25) is 0 Å². The molecule has 0 bridgehead atoms. The Labute approximate surface area is 137 Å². The summed E-state index contributed by atoms with van der Waals surface area (Å²) in [5, 5.41) is 29.8. The van der Waals surface area contributed by atoms with E-state index in [0.717, 1.165) is 16.3 Å². The molecule has 0 saturated heterocycles. The molecule has 5 nitrogen and oxygen atoms in total. The van der Waals surface area contributed by atoms with Crippen molar-refractivity contribution in [2.75, 3.05) is 0 Å². The highest BCUT2D eigenvalue weighted by Gasteiger charge is 2.08. The Morgan fingerprint density at radius 2 is 1.96 bits per heavy atom. The van der Waals surface area contributed by atoms with Crippen LogP contribution in [0.2, 0.25) is 0 Å². The van der Waals surface area contributed by atoms with Gasteiger partial charge in [-0.25, -0.2) is 4.79 Å². The number of nitriles is 1. The highest BCUT2D eigenvalue weighted by Crippen LogP contribution is 2.26. The van der Waals surface area contributed by atoms with Gasteiger partial charge in [-0.3, -0.25) is 4.98 Å². The molecule has 0 atom stereocenters. The molecule has 0 spiro atoms. The molecular weight excluding hydrogens is 304 g/mol. The fourth-order valence-electron chi connectivity index (χ4n) is 2.45. The van der Waals surface area contributed by atoms with Gasteiger partial charge in [0.15, 0.2) is 0 Å². The molecule has 24 heavy (non-hydrogen) atoms. The van der Waals surface area contributed by atoms with Crippen LogP contribution in [0.3, 0.4) is 0 Å². The molecule has 0 radical (unpaired) electrons. The van der Waals surface area contributed by atoms with E-state index in [1.165, 1.54) is 12.3 Å². The van der Waals surface area contributed by atoms with Crippen LogP contribution >= 0.6 is 0 Å². The second-order valence-corrected chi connectivity index (χ2v) is 5.16. The molecule has 3 rings (SSSR count). The van der Waals surface area contributed by atoms with Gasteiger partial charge >= 0.3 is 5.97 Å². The van der Waals surface area contributed by atoms with Gasteiger partial charge in [-0.2, -0.15) is 5.26 Å². The largest absolute Gasteiger partial charge is 0.508 e. The van der Waals surface area contributed by atoms with Gasteiger partial charge in [-0.1, -0.05) is 30.3 Å². The maximum Gasteiger partial charge on any atom is 0.337 e. The number of aromatic nitrogens is 1. The molecule has 3 aromatic rings. The Balaban J connectivity index is 2.06. The normalized spacial score (nSPS) is 10.8. The summed E-state index contributed by atoms with van der Waals surface area (Å²) in [7, 11) is 0. The van der Waals surface area contributed by atoms with Crippen molar-refractivity contribution < 1.29 is 15.0 Å². The maximum absolute atomic E-state index is 10.9. The van der Waals surface area contributed by atoms with Crippen molar-refractivity contribution in [3.8, 4) is 11.8 Å². The molecule has 0 aliphatic carbocycles. The molecule has 2 N–H and O–H groups in total. The Morgan fingerprint density at radius 3 is 2.71 bits per heavy atom. The number of phenols is 1. The number of hydrogen-bond acceptors (Lipinski definition) is 4. The molecule has 1 aromatic heterocycles. The lowest BCUT2D eigenvalue weighted by molar-refractivity contribution is 0.0696. The number of rotatable bonds is 3. The number of pyridine rings is 1. The first-order chi connectivity index (χ1) is 11.6. The highest BCUT2D eigenvalue weighted by atomic mass is 16.4. The molecule has 0 amide bonds. The number of carboxylic acids is 1. The summed E-state index contributed by atoms with van der Waals surface area (Å²) in [6.45, 7) is 0. The quantitative estimate of drug-likeness (QED) is 0.768. The minimum atomic E-state index is -1.13. The van der Waals surface area contributed by atoms with E-state index in [4.69, 9.17) is 5.11 Å². The molecule has 2 aromatic carbocycles. The van der Waals surface area contributed by atoms with Gasteiger partial charge in [-0.05, 0) is 40.6 Å². The number of hydrogen-bond donors (Lipinski definition) is 2. The Morgan fingerprint density at radius 1 is 1.17 bits per heavy atom. The van der Waals surface area contributed by atoms with Crippen LogP contribution in [0.4, 0.5) is 0 Å². The average Bonchev–Trinajstić information content (AvgIpc) is 2.59. The van der Waals surface area contributed by atoms with Crippen molar-refractivity contribution in [1.29, 1.82) is 5.26 Å². The SMILES string of the molecule is N#Cc1cc(C(=O)O)cnc1/C=C/c1cc(O)cc2ccccc12. The monoisotopic (exact) mass is 316 g/mol. The molecule has 0 saturated carbocycles. The molecule has 0 fully saturated rings. The van der Waals surface area contributed by atoms with Crippen molar-refractivity contribution in [1.82, 2.24) is 4.98 Å². The zero-order chi connectivity index (χ0) is 17.1. The lowest BCUT2D eigenvalue weighted by atomic mass is 10.0. The molecule has 116 valence electrons. The van der Waals surface area contributed by atoms with E-state index in [9.17, 15) is 15.2 Å². The first-order valence-electron chi connectivity index (χ1n) is 7.12. The van der Waals surface area contributed by atoms with Crippen molar-refractivity contribution in [2.45, 2.75) is 0 Å². The summed E-state index contributed by atoms with van der Waals surface area (Å²) < 4.78 is 0. The topological polar surface area (TPSA) is 94.2 Å². The highest BCUT2D eigenvalue weighted by molar-refractivity contribution is 5.94. The summed E-state index contributed by atoms with van der Waals surface area (Å²) in [5.41, 5.74) is 1.29. The number of fused-ring (bicyclic) bond motifs is 1. The predicted octanol–water partition coefficient (Wildman–Crippen LogP) is 3.68. The van der Waals surface area contributed by atoms with E-state index in [1.807, 2.05) is 30.3 Å². The van der Waals surface area contributed by atoms with Gasteiger partial charge in [0.1, 0.15) is 11.8 Å². The number of carboxylic acid groups (broad SMARTS) is 1. The van der Waals surface area contributed by atoms with E-state index in [1.54, 1.807) is 24.3 Å². The third kappa shape index (κ3) is 2.94. The van der Waals surface area contributed by atoms with E-state index in [2.05, 4.69) is 4.98 Å². The fraction of sp³-hybridized carbons (Fsp3) is 0. The zero-order valence-corrected chi connectivity index (χ0v) is 12.5. The van der Waals surface area contributed by atoms with Crippen molar-refractivity contribution in [3.63, 3.8) is 0 Å². The Hall–Kier alpha value is -3.65. The second-order valence-electron chi connectivity index (χ2n) is 5.16. The van der Waals surface area contributed by atoms with E-state index < -0.39 is 5.97 Å². The Kier molecular flexibility index (Phi) is 3.96. The summed E-state index contributed by atoms with van der Waals surface area (Å²) in [6.07, 6.45) is 4.58. The second kappa shape index (κ2) is 6.23. The van der Waals surface area contributed by atoms with E-state index >= 15 is 0 Å². The minimum absolute atomic E-state index is 0.0356. The summed E-state index contributed by atoms with van der Waals surface area (Å²) in [6, 6.07) is 14.1. The third-order valence-electron chi connectivity index (χ3n) is 3.59. The number of phenolic OH excluding ortho intramolecular Hbond substituents is 1. The van der Waals surface area contributed by atoms with Crippen LogP contribution in [0.5, 0.6) is 5.75 Å². The lowest BCUT2D eigenvalue weighted by Gasteiger charge is -2.04. The predicted molar refractivity (Wildman–Crippen MR) is 90.5 cm³/mol. The van der Waals surface area contributed by atoms with Crippen LogP contribution in [-0.4, -0.2) is 21.2 Å². The fourth-order valence-corrected chi connectivity index (χ4v) is 2.45. The zero-order valence-electron chi connectivity index (χ0n) is 12.5. The molecular formula is C19H12N2O3. The van der Waals surface area contributed by atoms with E-state index in [0.29, 0.717) is 5.69 Å². The van der Waals surface area contributed by atoms with Crippen LogP contribution < -0.4 is 0 Å². The maximum atomic E-state index is 10.9. The molecule has 1 heterocycles. The van der Waals surface area contributed by atoms with Gasteiger partial charge in [0, 0.05) is 6.20 Å². The summed E-state index contributed by atoms with van der Waals surface area (Å²) >= 11 is 0. The van der Waals surface area contributed by atoms with E-state index in [-0.39, 0.29) is 16.9 Å². The van der Waals surface area contributed by atoms with Crippen molar-refractivity contribution >= 4 is 28.9 Å². The number of carbonyl (C=O) groups is 1. The molecule has 5 heteroatoms. The summed E-state index contributed by atoms with van der Waals surface area (Å²) in [5.74, 6) is -0.989. The first-order valence-corrected chi connectivity index (χ1v) is 7.12. The van der Waals surface area contributed by atoms with Gasteiger partial charge in [0.25, 0.3) is 0 Å². The molecule has 0 aliphatic rings. The minimum Gasteiger partial charge on any atom is -0.508 e. The number of aromatic hydroxyl groups is 1. The van der Waals surface area contributed by atoms with Crippen molar-refractivity contribution in [2.24, 2.45) is 0 Å². The third-order valence-corrected chi connectivity index (χ3v) is 3.59. The van der Waals surface area contributed by atoms with Crippen molar-refractivity contribution in [3.05, 3.63) is 71.0 Å². The van der Waals surface area contributed by atoms with Crippen LogP contribution in [-0.2, 0) is 0 Å². The van der Waals surface area contributed by atoms with Gasteiger partial charge in [0.05, 0.1) is 16.8 Å². The standard InChI is InChI=1S/C19H12N2O3/c20-10-14-7-15(19(23)24)11-21-18(14)6-5-13-9-16(22)8-12-3-1-2-4-17(12)13/h1-9,11,22H,(H,23,24)/b6-5+. The first kappa shape index (κ1) is 15.3. The van der Waals surface area contributed by atoms with Crippen LogP contribution in [0, 0.1) is 11.3 Å². The smallest absolute Gasteiger partial charge is 0.337 e. The summed E-state index contributed by atoms with van der Waals surface area (Å²) in [4.78, 5) is 15.0. The Bertz CT molecular complexity index is 1020. The number of nitrogens with zero attached hydrogens (tertiary/aromatic N) is 2. The molecule has 0 unspecified atom stereocenters. The van der Waals surface area contributed by atoms with Gasteiger partial charge in [-0.15, -0.1) is 0 Å². The van der Waals surface area contributed by atoms with Gasteiger partial charge < -0.3 is 10.2 Å². The van der Waals surface area contributed by atoms with Crippen LogP contribution in [0.25, 0.3) is 22.9 Å². The number of benzene rings is 2. The van der Waals surface area contributed by atoms with Crippen LogP contribution in [0.1, 0.15) is 27.2 Å². The lowest BCUT2D eigenvalue weighted by Crippen LogP contribution is -1.99. The van der Waals surface area contributed by atoms with Crippen LogP contribution in [0.15, 0.2) is 48.7 Å².